The van der Waals surface area contributed by atoms with Crippen LogP contribution in [0, 0.1) is 0 Å². The lowest BCUT2D eigenvalue weighted by molar-refractivity contribution is -0.156. The molecule has 6 nitrogen and oxygen atoms in total. The molecule has 6 heteroatoms. The zero-order valence-corrected chi connectivity index (χ0v) is 14.3. The molecule has 128 valence electrons. The number of carbonyl (C=O) groups excluding carboxylic acids is 2. The van der Waals surface area contributed by atoms with Gasteiger partial charge in [0.1, 0.15) is 5.60 Å². The zero-order valence-electron chi connectivity index (χ0n) is 14.3. The highest BCUT2D eigenvalue weighted by atomic mass is 16.6. The van der Waals surface area contributed by atoms with Crippen LogP contribution in [0.1, 0.15) is 33.3 Å². The monoisotopic (exact) mass is 323 g/mol. The standard InChI is InChI=1S/C17H25NO5/c1-12(18-16(20)23-17(2,3)4)14(15(19)21-5)22-11-13-9-7-6-8-10-13/h6-10,12,14H,11H2,1-5H3,(H,18,20)/t12-,14?/m0/s1. The van der Waals surface area contributed by atoms with E-state index in [2.05, 4.69) is 5.32 Å². The molecule has 0 radical (unpaired) electrons. The maximum atomic E-state index is 11.9. The number of alkyl carbamates (subject to hydrolysis) is 1. The van der Waals surface area contributed by atoms with Crippen molar-refractivity contribution in [1.29, 1.82) is 0 Å². The number of benzene rings is 1. The Morgan fingerprint density at radius 1 is 1.17 bits per heavy atom. The molecule has 0 aromatic heterocycles. The molecule has 0 bridgehead atoms. The van der Waals surface area contributed by atoms with Crippen LogP contribution >= 0.6 is 0 Å². The summed E-state index contributed by atoms with van der Waals surface area (Å²) in [5.74, 6) is -0.551. The fourth-order valence-electron chi connectivity index (χ4n) is 1.86. The van der Waals surface area contributed by atoms with Crippen molar-refractivity contribution in [2.45, 2.75) is 52.0 Å². The van der Waals surface area contributed by atoms with Gasteiger partial charge < -0.3 is 19.5 Å². The average molecular weight is 323 g/mol. The second kappa shape index (κ2) is 8.53. The van der Waals surface area contributed by atoms with Gasteiger partial charge in [-0.25, -0.2) is 9.59 Å². The van der Waals surface area contributed by atoms with E-state index in [1.54, 1.807) is 27.7 Å². The normalized spacial score (nSPS) is 13.8. The van der Waals surface area contributed by atoms with Crippen LogP contribution in [-0.2, 0) is 25.6 Å². The Hall–Kier alpha value is -2.08. The van der Waals surface area contributed by atoms with Crippen LogP contribution in [-0.4, -0.2) is 36.9 Å². The fourth-order valence-corrected chi connectivity index (χ4v) is 1.86. The second-order valence-electron chi connectivity index (χ2n) is 6.18. The Balaban J connectivity index is 2.65. The summed E-state index contributed by atoms with van der Waals surface area (Å²) in [5.41, 5.74) is 0.306. The van der Waals surface area contributed by atoms with Gasteiger partial charge in [-0.2, -0.15) is 0 Å². The van der Waals surface area contributed by atoms with E-state index in [9.17, 15) is 9.59 Å². The summed E-state index contributed by atoms with van der Waals surface area (Å²) < 4.78 is 15.6. The maximum Gasteiger partial charge on any atom is 0.407 e. The Morgan fingerprint density at radius 2 is 1.78 bits per heavy atom. The van der Waals surface area contributed by atoms with E-state index >= 15 is 0 Å². The predicted octanol–water partition coefficient (Wildman–Crippen LogP) is 2.66. The lowest BCUT2D eigenvalue weighted by Gasteiger charge is -2.25. The molecule has 0 aliphatic carbocycles. The minimum Gasteiger partial charge on any atom is -0.467 e. The minimum atomic E-state index is -0.923. The first-order valence-corrected chi connectivity index (χ1v) is 7.46. The lowest BCUT2D eigenvalue weighted by atomic mass is 10.1. The van der Waals surface area contributed by atoms with E-state index in [0.717, 1.165) is 5.56 Å². The molecule has 1 aromatic rings. The SMILES string of the molecule is COC(=O)C(OCc1ccccc1)[C@H](C)NC(=O)OC(C)(C)C. The second-order valence-corrected chi connectivity index (χ2v) is 6.18. The van der Waals surface area contributed by atoms with E-state index < -0.39 is 29.8 Å². The van der Waals surface area contributed by atoms with Gasteiger partial charge in [-0.3, -0.25) is 0 Å². The summed E-state index contributed by atoms with van der Waals surface area (Å²) in [4.78, 5) is 23.7. The van der Waals surface area contributed by atoms with Gasteiger partial charge in [0.2, 0.25) is 0 Å². The number of ether oxygens (including phenoxy) is 3. The van der Waals surface area contributed by atoms with Crippen molar-refractivity contribution >= 4 is 12.1 Å². The first-order chi connectivity index (χ1) is 10.7. The zero-order chi connectivity index (χ0) is 17.5. The maximum absolute atomic E-state index is 11.9. The summed E-state index contributed by atoms with van der Waals surface area (Å²) in [7, 11) is 1.28. The van der Waals surface area contributed by atoms with Gasteiger partial charge in [-0.1, -0.05) is 30.3 Å². The van der Waals surface area contributed by atoms with Gasteiger partial charge in [-0.15, -0.1) is 0 Å². The highest BCUT2D eigenvalue weighted by Gasteiger charge is 2.29. The molecular formula is C17H25NO5. The highest BCUT2D eigenvalue weighted by molar-refractivity contribution is 5.77. The molecular weight excluding hydrogens is 298 g/mol. The van der Waals surface area contributed by atoms with Crippen LogP contribution in [0.15, 0.2) is 30.3 Å². The molecule has 0 fully saturated rings. The van der Waals surface area contributed by atoms with Crippen molar-refractivity contribution in [2.75, 3.05) is 7.11 Å². The Kier molecular flexibility index (Phi) is 7.03. The van der Waals surface area contributed by atoms with Crippen LogP contribution in [0.5, 0.6) is 0 Å². The smallest absolute Gasteiger partial charge is 0.407 e. The fraction of sp³-hybridized carbons (Fsp3) is 0.529. The van der Waals surface area contributed by atoms with Crippen LogP contribution in [0.3, 0.4) is 0 Å². The first-order valence-electron chi connectivity index (χ1n) is 7.46. The van der Waals surface area contributed by atoms with Crippen molar-refractivity contribution < 1.29 is 23.8 Å². The van der Waals surface area contributed by atoms with Gasteiger partial charge >= 0.3 is 12.1 Å². The highest BCUT2D eigenvalue weighted by Crippen LogP contribution is 2.10. The molecule has 1 rings (SSSR count). The van der Waals surface area contributed by atoms with E-state index in [1.165, 1.54) is 7.11 Å². The summed E-state index contributed by atoms with van der Waals surface area (Å²) in [6, 6.07) is 8.85. The summed E-state index contributed by atoms with van der Waals surface area (Å²) >= 11 is 0. The number of nitrogens with one attached hydrogen (secondary N) is 1. The Labute approximate surface area is 137 Å². The molecule has 23 heavy (non-hydrogen) atoms. The third kappa shape index (κ3) is 7.15. The molecule has 1 amide bonds. The van der Waals surface area contributed by atoms with Gasteiger partial charge in [0.25, 0.3) is 0 Å². The molecule has 1 aromatic carbocycles. The van der Waals surface area contributed by atoms with Gasteiger partial charge in [0, 0.05) is 0 Å². The number of methoxy groups -OCH3 is 1. The molecule has 0 saturated carbocycles. The summed E-state index contributed by atoms with van der Waals surface area (Å²) in [6.45, 7) is 7.19. The number of esters is 1. The molecule has 0 aliphatic rings. The van der Waals surface area contributed by atoms with Crippen molar-refractivity contribution in [3.8, 4) is 0 Å². The van der Waals surface area contributed by atoms with Crippen LogP contribution in [0.2, 0.25) is 0 Å². The van der Waals surface area contributed by atoms with E-state index in [0.29, 0.717) is 0 Å². The molecule has 0 saturated heterocycles. The van der Waals surface area contributed by atoms with Crippen molar-refractivity contribution in [3.63, 3.8) is 0 Å². The number of hydrogen-bond donors (Lipinski definition) is 1. The third-order valence-corrected chi connectivity index (χ3v) is 2.90. The van der Waals surface area contributed by atoms with E-state index in [-0.39, 0.29) is 6.61 Å². The Bertz CT molecular complexity index is 509. The quantitative estimate of drug-likeness (QED) is 0.815. The predicted molar refractivity (Wildman–Crippen MR) is 85.9 cm³/mol. The van der Waals surface area contributed by atoms with Gasteiger partial charge in [0.15, 0.2) is 6.10 Å². The number of amides is 1. The largest absolute Gasteiger partial charge is 0.467 e. The average Bonchev–Trinajstić information content (AvgIpc) is 2.46. The number of rotatable bonds is 6. The van der Waals surface area contributed by atoms with Gasteiger partial charge in [-0.05, 0) is 33.3 Å². The van der Waals surface area contributed by atoms with E-state index in [4.69, 9.17) is 14.2 Å². The molecule has 0 aliphatic heterocycles. The van der Waals surface area contributed by atoms with Gasteiger partial charge in [0.05, 0.1) is 19.8 Å². The van der Waals surface area contributed by atoms with Crippen LogP contribution < -0.4 is 5.32 Å². The molecule has 0 heterocycles. The molecule has 1 N–H and O–H groups in total. The first kappa shape index (κ1) is 19.0. The Morgan fingerprint density at radius 3 is 2.30 bits per heavy atom. The molecule has 1 unspecified atom stereocenters. The van der Waals surface area contributed by atoms with Crippen LogP contribution in [0.4, 0.5) is 4.79 Å². The van der Waals surface area contributed by atoms with Crippen molar-refractivity contribution in [2.24, 2.45) is 0 Å². The number of hydrogen-bond acceptors (Lipinski definition) is 5. The summed E-state index contributed by atoms with van der Waals surface area (Å²) in [5, 5.41) is 2.60. The number of carbonyl (C=O) groups is 2. The van der Waals surface area contributed by atoms with Crippen molar-refractivity contribution in [1.82, 2.24) is 5.32 Å². The van der Waals surface area contributed by atoms with Crippen molar-refractivity contribution in [3.05, 3.63) is 35.9 Å². The van der Waals surface area contributed by atoms with Crippen LogP contribution in [0.25, 0.3) is 0 Å². The topological polar surface area (TPSA) is 73.9 Å². The molecule has 2 atom stereocenters. The van der Waals surface area contributed by atoms with E-state index in [1.807, 2.05) is 30.3 Å². The molecule has 0 spiro atoms. The minimum absolute atomic E-state index is 0.237. The lowest BCUT2D eigenvalue weighted by Crippen LogP contribution is -2.48. The third-order valence-electron chi connectivity index (χ3n) is 2.90. The summed E-state index contributed by atoms with van der Waals surface area (Å²) in [6.07, 6.45) is -1.53.